The minimum absolute atomic E-state index is 0.541. The molecule has 0 saturated heterocycles. The zero-order valence-corrected chi connectivity index (χ0v) is 15.9. The molecule has 0 aliphatic heterocycles. The summed E-state index contributed by atoms with van der Waals surface area (Å²) in [5.41, 5.74) is 5.48. The van der Waals surface area contributed by atoms with E-state index in [0.29, 0.717) is 16.7 Å². The van der Waals surface area contributed by atoms with Gasteiger partial charge < -0.3 is 4.74 Å². The Bertz CT molecular complexity index is 1160. The van der Waals surface area contributed by atoms with Crippen molar-refractivity contribution in [1.29, 1.82) is 0 Å². The smallest absolute Gasteiger partial charge is 0.163 e. The van der Waals surface area contributed by atoms with E-state index in [2.05, 4.69) is 20.5 Å². The highest BCUT2D eigenvalue weighted by molar-refractivity contribution is 6.33. The van der Waals surface area contributed by atoms with Crippen LogP contribution in [0.2, 0.25) is 5.02 Å². The summed E-state index contributed by atoms with van der Waals surface area (Å²) in [6, 6.07) is 22.9. The molecule has 6 heteroatoms. The van der Waals surface area contributed by atoms with Crippen LogP contribution in [0.4, 0.5) is 5.82 Å². The normalized spacial score (nSPS) is 11.1. The van der Waals surface area contributed by atoms with Crippen molar-refractivity contribution in [3.63, 3.8) is 0 Å². The first kappa shape index (κ1) is 17.9. The molecule has 0 unspecified atom stereocenters. The first-order valence-corrected chi connectivity index (χ1v) is 9.08. The van der Waals surface area contributed by atoms with Crippen molar-refractivity contribution in [3.05, 3.63) is 83.4 Å². The van der Waals surface area contributed by atoms with Gasteiger partial charge in [0.25, 0.3) is 0 Å². The predicted molar refractivity (Wildman–Crippen MR) is 114 cm³/mol. The van der Waals surface area contributed by atoms with Crippen LogP contribution in [0.15, 0.2) is 77.9 Å². The number of rotatable bonds is 5. The number of hydrogen-bond donors (Lipinski definition) is 1. The van der Waals surface area contributed by atoms with Crippen LogP contribution in [-0.2, 0) is 0 Å². The summed E-state index contributed by atoms with van der Waals surface area (Å²) < 4.78 is 5.35. The molecule has 1 aromatic heterocycles. The molecule has 0 radical (unpaired) electrons. The zero-order chi connectivity index (χ0) is 19.3. The van der Waals surface area contributed by atoms with Gasteiger partial charge in [-0.2, -0.15) is 5.10 Å². The highest BCUT2D eigenvalue weighted by atomic mass is 35.5. The molecule has 28 heavy (non-hydrogen) atoms. The average Bonchev–Trinajstić information content (AvgIpc) is 2.74. The molecule has 3 aromatic carbocycles. The summed E-state index contributed by atoms with van der Waals surface area (Å²) >= 11 is 6.34. The van der Waals surface area contributed by atoms with E-state index in [-0.39, 0.29) is 0 Å². The number of ether oxygens (including phenoxy) is 1. The number of methoxy groups -OCH3 is 1. The number of fused-ring (bicyclic) bond motifs is 1. The second-order valence-corrected chi connectivity index (χ2v) is 6.41. The molecular weight excluding hydrogens is 372 g/mol. The maximum Gasteiger partial charge on any atom is 0.163 e. The topological polar surface area (TPSA) is 59.4 Å². The number of aromatic nitrogens is 2. The van der Waals surface area contributed by atoms with Crippen LogP contribution < -0.4 is 10.2 Å². The summed E-state index contributed by atoms with van der Waals surface area (Å²) in [6.45, 7) is 0. The Labute approximate surface area is 167 Å². The molecule has 5 nitrogen and oxygen atoms in total. The van der Waals surface area contributed by atoms with E-state index in [9.17, 15) is 0 Å². The molecule has 0 bridgehead atoms. The third kappa shape index (κ3) is 3.66. The van der Waals surface area contributed by atoms with E-state index >= 15 is 0 Å². The second-order valence-electron chi connectivity index (χ2n) is 6.00. The number of halogens is 1. The van der Waals surface area contributed by atoms with E-state index in [4.69, 9.17) is 16.3 Å². The molecule has 4 rings (SSSR count). The summed E-state index contributed by atoms with van der Waals surface area (Å²) in [5, 5.41) is 5.82. The first-order chi connectivity index (χ1) is 13.8. The number of anilines is 1. The van der Waals surface area contributed by atoms with Gasteiger partial charge >= 0.3 is 0 Å². The van der Waals surface area contributed by atoms with Crippen molar-refractivity contribution in [3.8, 4) is 17.1 Å². The molecule has 0 spiro atoms. The van der Waals surface area contributed by atoms with E-state index in [1.54, 1.807) is 13.3 Å². The van der Waals surface area contributed by atoms with Crippen molar-refractivity contribution >= 4 is 34.5 Å². The summed E-state index contributed by atoms with van der Waals surface area (Å²) in [4.78, 5) is 9.31. The van der Waals surface area contributed by atoms with Crippen LogP contribution in [0.3, 0.4) is 0 Å². The van der Waals surface area contributed by atoms with Gasteiger partial charge in [0.15, 0.2) is 11.6 Å². The van der Waals surface area contributed by atoms with Gasteiger partial charge in [-0.3, -0.25) is 5.43 Å². The summed E-state index contributed by atoms with van der Waals surface area (Å²) in [5.74, 6) is 1.89. The van der Waals surface area contributed by atoms with Crippen molar-refractivity contribution in [1.82, 2.24) is 9.97 Å². The lowest BCUT2D eigenvalue weighted by molar-refractivity contribution is 0.414. The van der Waals surface area contributed by atoms with Gasteiger partial charge in [-0.25, -0.2) is 9.97 Å². The van der Waals surface area contributed by atoms with Gasteiger partial charge in [-0.1, -0.05) is 48.0 Å². The molecule has 0 aliphatic rings. The lowest BCUT2D eigenvalue weighted by Gasteiger charge is -2.09. The monoisotopic (exact) mass is 388 g/mol. The SMILES string of the molecule is COc1ccccc1/C=N\Nc1nc(-c2ccccc2Cl)nc2ccccc12. The Kier molecular flexibility index (Phi) is 5.17. The predicted octanol–water partition coefficient (Wildman–Crippen LogP) is 5.40. The van der Waals surface area contributed by atoms with E-state index in [1.807, 2.05) is 72.8 Å². The highest BCUT2D eigenvalue weighted by Crippen LogP contribution is 2.29. The van der Waals surface area contributed by atoms with Gasteiger partial charge in [0.1, 0.15) is 5.75 Å². The molecule has 4 aromatic rings. The van der Waals surface area contributed by atoms with Gasteiger partial charge in [-0.05, 0) is 36.4 Å². The second kappa shape index (κ2) is 8.06. The van der Waals surface area contributed by atoms with Crippen molar-refractivity contribution in [2.24, 2.45) is 5.10 Å². The molecule has 0 saturated carbocycles. The van der Waals surface area contributed by atoms with E-state index < -0.39 is 0 Å². The summed E-state index contributed by atoms with van der Waals surface area (Å²) in [7, 11) is 1.63. The Morgan fingerprint density at radius 1 is 0.929 bits per heavy atom. The maximum absolute atomic E-state index is 6.34. The fourth-order valence-electron chi connectivity index (χ4n) is 2.86. The summed E-state index contributed by atoms with van der Waals surface area (Å²) in [6.07, 6.45) is 1.70. The van der Waals surface area contributed by atoms with Crippen LogP contribution in [0.5, 0.6) is 5.75 Å². The molecule has 0 aliphatic carbocycles. The fourth-order valence-corrected chi connectivity index (χ4v) is 3.08. The van der Waals surface area contributed by atoms with E-state index in [0.717, 1.165) is 27.8 Å². The zero-order valence-electron chi connectivity index (χ0n) is 15.1. The highest BCUT2D eigenvalue weighted by Gasteiger charge is 2.11. The molecule has 0 amide bonds. The molecule has 1 heterocycles. The third-order valence-corrected chi connectivity index (χ3v) is 4.56. The third-order valence-electron chi connectivity index (χ3n) is 4.23. The van der Waals surface area contributed by atoms with Crippen LogP contribution in [0.1, 0.15) is 5.56 Å². The average molecular weight is 389 g/mol. The largest absolute Gasteiger partial charge is 0.496 e. The van der Waals surface area contributed by atoms with Crippen LogP contribution in [-0.4, -0.2) is 23.3 Å². The van der Waals surface area contributed by atoms with Crippen molar-refractivity contribution in [2.45, 2.75) is 0 Å². The molecule has 138 valence electrons. The van der Waals surface area contributed by atoms with Gasteiger partial charge in [-0.15, -0.1) is 0 Å². The van der Waals surface area contributed by atoms with Crippen LogP contribution >= 0.6 is 11.6 Å². The van der Waals surface area contributed by atoms with Crippen molar-refractivity contribution in [2.75, 3.05) is 12.5 Å². The maximum atomic E-state index is 6.34. The van der Waals surface area contributed by atoms with E-state index in [1.165, 1.54) is 0 Å². The standard InChI is InChI=1S/C22H17ClN4O/c1-28-20-13-7-2-8-15(20)14-24-27-22-17-10-4-6-12-19(17)25-21(26-22)16-9-3-5-11-18(16)23/h2-14H,1H3,(H,25,26,27)/b24-14-. The van der Waals surface area contributed by atoms with Gasteiger partial charge in [0, 0.05) is 16.5 Å². The number of hydrazone groups is 1. The fraction of sp³-hybridized carbons (Fsp3) is 0.0455. The minimum atomic E-state index is 0.541. The van der Waals surface area contributed by atoms with Crippen LogP contribution in [0.25, 0.3) is 22.3 Å². The van der Waals surface area contributed by atoms with Crippen molar-refractivity contribution < 1.29 is 4.74 Å². The quantitative estimate of drug-likeness (QED) is 0.367. The van der Waals surface area contributed by atoms with Gasteiger partial charge in [0.2, 0.25) is 0 Å². The number of para-hydroxylation sites is 2. The Morgan fingerprint density at radius 3 is 2.54 bits per heavy atom. The number of benzene rings is 3. The molecule has 1 N–H and O–H groups in total. The molecular formula is C22H17ClN4O. The lowest BCUT2D eigenvalue weighted by Crippen LogP contribution is -2.00. The lowest BCUT2D eigenvalue weighted by atomic mass is 10.2. The number of nitrogens with zero attached hydrogens (tertiary/aromatic N) is 3. The minimum Gasteiger partial charge on any atom is -0.496 e. The number of hydrogen-bond acceptors (Lipinski definition) is 5. The van der Waals surface area contributed by atoms with Gasteiger partial charge in [0.05, 0.1) is 23.9 Å². The Hall–Kier alpha value is -3.44. The Morgan fingerprint density at radius 2 is 1.68 bits per heavy atom. The van der Waals surface area contributed by atoms with Crippen LogP contribution in [0, 0.1) is 0 Å². The number of nitrogens with one attached hydrogen (secondary N) is 1. The molecule has 0 atom stereocenters. The molecule has 0 fully saturated rings. The first-order valence-electron chi connectivity index (χ1n) is 8.70. The Balaban J connectivity index is 1.74.